The van der Waals surface area contributed by atoms with Crippen LogP contribution in [0, 0.1) is 6.92 Å². The fourth-order valence-electron chi connectivity index (χ4n) is 1.42. The summed E-state index contributed by atoms with van der Waals surface area (Å²) in [6.07, 6.45) is 0.658. The zero-order chi connectivity index (χ0) is 9.84. The molecule has 0 N–H and O–H groups in total. The molecule has 1 radical (unpaired) electrons. The normalized spacial score (nSPS) is 18.3. The molecule has 1 rings (SSSR count). The van der Waals surface area contributed by atoms with Gasteiger partial charge in [-0.2, -0.15) is 0 Å². The van der Waals surface area contributed by atoms with Gasteiger partial charge in [-0.15, -0.1) is 0 Å². The van der Waals surface area contributed by atoms with Gasteiger partial charge in [0.1, 0.15) is 0 Å². The monoisotopic (exact) mass is 183 g/mol. The third-order valence-corrected chi connectivity index (χ3v) is 2.21. The zero-order valence-corrected chi connectivity index (χ0v) is 7.95. The lowest BCUT2D eigenvalue weighted by molar-refractivity contribution is -0.155. The van der Waals surface area contributed by atoms with E-state index in [0.717, 1.165) is 0 Å². The Labute approximate surface area is 78.5 Å². The first-order chi connectivity index (χ1) is 6.20. The van der Waals surface area contributed by atoms with E-state index in [1.54, 1.807) is 9.80 Å². The maximum Gasteiger partial charge on any atom is 0.312 e. The fraction of sp³-hybridized carbons (Fsp3) is 0.667. The molecule has 1 saturated heterocycles. The molecule has 0 spiro atoms. The van der Waals surface area contributed by atoms with Gasteiger partial charge in [0.2, 0.25) is 0 Å². The number of hydrogen-bond donors (Lipinski definition) is 0. The molecule has 0 aliphatic carbocycles. The van der Waals surface area contributed by atoms with E-state index in [1.165, 1.54) is 0 Å². The zero-order valence-electron chi connectivity index (χ0n) is 7.95. The lowest BCUT2D eigenvalue weighted by atomic mass is 10.2. The summed E-state index contributed by atoms with van der Waals surface area (Å²) in [5.74, 6) is -0.751. The second kappa shape index (κ2) is 4.25. The molecule has 0 atom stereocenters. The molecule has 0 aromatic rings. The third-order valence-electron chi connectivity index (χ3n) is 2.21. The summed E-state index contributed by atoms with van der Waals surface area (Å²) in [4.78, 5) is 25.9. The first-order valence-electron chi connectivity index (χ1n) is 4.58. The molecule has 4 nitrogen and oxygen atoms in total. The van der Waals surface area contributed by atoms with Crippen LogP contribution >= 0.6 is 0 Å². The molecule has 1 aliphatic rings. The summed E-state index contributed by atoms with van der Waals surface area (Å²) in [6, 6.07) is 0. The third kappa shape index (κ3) is 1.99. The van der Waals surface area contributed by atoms with Gasteiger partial charge < -0.3 is 9.80 Å². The minimum absolute atomic E-state index is 0.373. The highest BCUT2D eigenvalue weighted by Crippen LogP contribution is 2.04. The van der Waals surface area contributed by atoms with Gasteiger partial charge in [0.05, 0.1) is 0 Å². The Bertz CT molecular complexity index is 216. The molecule has 73 valence electrons. The molecule has 0 aromatic carbocycles. The number of nitrogens with zero attached hydrogens (tertiary/aromatic N) is 2. The number of hydrogen-bond acceptors (Lipinski definition) is 2. The molecule has 0 unspecified atom stereocenters. The van der Waals surface area contributed by atoms with Crippen molar-refractivity contribution in [3.63, 3.8) is 0 Å². The smallest absolute Gasteiger partial charge is 0.312 e. The van der Waals surface area contributed by atoms with Gasteiger partial charge >= 0.3 is 11.8 Å². The number of rotatable bonds is 3. The van der Waals surface area contributed by atoms with Crippen LogP contribution in [0.15, 0.2) is 0 Å². The van der Waals surface area contributed by atoms with Gasteiger partial charge in [0.15, 0.2) is 0 Å². The van der Waals surface area contributed by atoms with Crippen molar-refractivity contribution in [2.75, 3.05) is 26.2 Å². The van der Waals surface area contributed by atoms with Crippen molar-refractivity contribution in [3.05, 3.63) is 6.92 Å². The number of carbonyl (C=O) groups excluding carboxylic acids is 2. The quantitative estimate of drug-likeness (QED) is 0.573. The first kappa shape index (κ1) is 10.0. The highest BCUT2D eigenvalue weighted by Gasteiger charge is 2.30. The summed E-state index contributed by atoms with van der Waals surface area (Å²) < 4.78 is 0. The number of likely N-dealkylation sites (N-methyl/N-ethyl adjacent to an activating group) is 1. The molecule has 1 fully saturated rings. The number of carbonyl (C=O) groups is 2. The van der Waals surface area contributed by atoms with Crippen LogP contribution in [0.25, 0.3) is 0 Å². The topological polar surface area (TPSA) is 40.6 Å². The van der Waals surface area contributed by atoms with Crippen molar-refractivity contribution in [1.82, 2.24) is 9.80 Å². The summed E-state index contributed by atoms with van der Waals surface area (Å²) in [6.45, 7) is 8.04. The summed E-state index contributed by atoms with van der Waals surface area (Å²) in [5.41, 5.74) is 0. The minimum Gasteiger partial charge on any atom is -0.333 e. The lowest BCUT2D eigenvalue weighted by Gasteiger charge is -2.32. The van der Waals surface area contributed by atoms with E-state index < -0.39 is 0 Å². The second-order valence-corrected chi connectivity index (χ2v) is 3.03. The van der Waals surface area contributed by atoms with E-state index in [1.807, 2.05) is 6.92 Å². The van der Waals surface area contributed by atoms with Crippen molar-refractivity contribution in [3.8, 4) is 0 Å². The molecule has 0 saturated carbocycles. The van der Waals surface area contributed by atoms with E-state index in [2.05, 4.69) is 6.92 Å². The number of piperazine rings is 1. The summed E-state index contributed by atoms with van der Waals surface area (Å²) in [7, 11) is 0. The van der Waals surface area contributed by atoms with Gasteiger partial charge in [0, 0.05) is 26.2 Å². The van der Waals surface area contributed by atoms with Crippen molar-refractivity contribution in [2.24, 2.45) is 0 Å². The largest absolute Gasteiger partial charge is 0.333 e. The van der Waals surface area contributed by atoms with Crippen LogP contribution in [0.1, 0.15) is 13.3 Å². The maximum atomic E-state index is 11.4. The van der Waals surface area contributed by atoms with Crippen molar-refractivity contribution >= 4 is 11.8 Å². The molecule has 2 amide bonds. The first-order valence-corrected chi connectivity index (χ1v) is 4.58. The molecular formula is C9H15N2O2. The van der Waals surface area contributed by atoms with Crippen molar-refractivity contribution < 1.29 is 9.59 Å². The van der Waals surface area contributed by atoms with Crippen LogP contribution < -0.4 is 0 Å². The maximum absolute atomic E-state index is 11.4. The van der Waals surface area contributed by atoms with Crippen LogP contribution in [0.3, 0.4) is 0 Å². The number of amides is 2. The van der Waals surface area contributed by atoms with Crippen LogP contribution in [-0.2, 0) is 9.59 Å². The Balaban J connectivity index is 2.59. The molecule has 1 heterocycles. The van der Waals surface area contributed by atoms with Crippen LogP contribution in [-0.4, -0.2) is 47.8 Å². The SMILES string of the molecule is [CH2]CCN1CCN(CC)C(=O)C1=O. The molecule has 0 aromatic heterocycles. The Morgan fingerprint density at radius 2 is 1.77 bits per heavy atom. The molecule has 0 bridgehead atoms. The Morgan fingerprint density at radius 1 is 1.23 bits per heavy atom. The highest BCUT2D eigenvalue weighted by molar-refractivity contribution is 6.35. The fourth-order valence-corrected chi connectivity index (χ4v) is 1.42. The van der Waals surface area contributed by atoms with Gasteiger partial charge in [-0.1, -0.05) is 6.92 Å². The average Bonchev–Trinajstić information content (AvgIpc) is 2.14. The van der Waals surface area contributed by atoms with E-state index in [9.17, 15) is 9.59 Å². The summed E-state index contributed by atoms with van der Waals surface area (Å²) in [5, 5.41) is 0. The molecule has 1 aliphatic heterocycles. The van der Waals surface area contributed by atoms with Gasteiger partial charge in [0.25, 0.3) is 0 Å². The van der Waals surface area contributed by atoms with E-state index >= 15 is 0 Å². The Morgan fingerprint density at radius 3 is 2.31 bits per heavy atom. The van der Waals surface area contributed by atoms with Crippen molar-refractivity contribution in [1.29, 1.82) is 0 Å². The van der Waals surface area contributed by atoms with E-state index in [-0.39, 0.29) is 11.8 Å². The Hall–Kier alpha value is -1.06. The standard InChI is InChI=1S/C9H15N2O2/c1-3-5-11-7-6-10(4-2)8(12)9(11)13/h1,3-7H2,2H3. The Kier molecular flexibility index (Phi) is 3.28. The van der Waals surface area contributed by atoms with Gasteiger partial charge in [-0.3, -0.25) is 9.59 Å². The van der Waals surface area contributed by atoms with Gasteiger partial charge in [-0.05, 0) is 13.3 Å². The average molecular weight is 183 g/mol. The minimum atomic E-state index is -0.378. The molecule has 13 heavy (non-hydrogen) atoms. The van der Waals surface area contributed by atoms with E-state index in [4.69, 9.17) is 0 Å². The van der Waals surface area contributed by atoms with Crippen molar-refractivity contribution in [2.45, 2.75) is 13.3 Å². The van der Waals surface area contributed by atoms with Crippen LogP contribution in [0.4, 0.5) is 0 Å². The molecule has 4 heteroatoms. The predicted molar refractivity (Wildman–Crippen MR) is 48.8 cm³/mol. The molecular weight excluding hydrogens is 168 g/mol. The lowest BCUT2D eigenvalue weighted by Crippen LogP contribution is -2.54. The van der Waals surface area contributed by atoms with Crippen LogP contribution in [0.2, 0.25) is 0 Å². The van der Waals surface area contributed by atoms with Gasteiger partial charge in [-0.25, -0.2) is 0 Å². The summed E-state index contributed by atoms with van der Waals surface area (Å²) >= 11 is 0. The van der Waals surface area contributed by atoms with Crippen LogP contribution in [0.5, 0.6) is 0 Å². The highest BCUT2D eigenvalue weighted by atomic mass is 16.2. The predicted octanol–water partition coefficient (Wildman–Crippen LogP) is -0.0987. The van der Waals surface area contributed by atoms with E-state index in [0.29, 0.717) is 32.6 Å². The second-order valence-electron chi connectivity index (χ2n) is 3.03.